The number of H-pyrrole nitrogens is 1. The number of nitrogens with one attached hydrogen (secondary N) is 2. The summed E-state index contributed by atoms with van der Waals surface area (Å²) in [6, 6.07) is 6.92. The second-order valence-corrected chi connectivity index (χ2v) is 6.38. The Morgan fingerprint density at radius 1 is 1.11 bits per heavy atom. The molecule has 2 N–H and O–H groups in total. The second kappa shape index (κ2) is 6.75. The first-order chi connectivity index (χ1) is 13.3. The van der Waals surface area contributed by atoms with Gasteiger partial charge in [-0.05, 0) is 25.1 Å². The van der Waals surface area contributed by atoms with Crippen LogP contribution in [0.4, 0.5) is 24.8 Å². The van der Waals surface area contributed by atoms with E-state index in [1.165, 1.54) is 24.7 Å². The summed E-state index contributed by atoms with van der Waals surface area (Å²) in [4.78, 5) is 19.5. The van der Waals surface area contributed by atoms with Gasteiger partial charge in [0.15, 0.2) is 5.82 Å². The number of alkyl halides is 3. The van der Waals surface area contributed by atoms with Crippen molar-refractivity contribution >= 4 is 34.3 Å². The van der Waals surface area contributed by atoms with Crippen molar-refractivity contribution in [2.45, 2.75) is 13.1 Å². The van der Waals surface area contributed by atoms with E-state index in [1.54, 1.807) is 12.1 Å². The smallest absolute Gasteiger partial charge is 0.335 e. The molecule has 0 aliphatic heterocycles. The summed E-state index contributed by atoms with van der Waals surface area (Å²) in [6.07, 6.45) is -1.67. The van der Waals surface area contributed by atoms with Crippen molar-refractivity contribution in [3.8, 4) is 11.4 Å². The molecule has 0 aliphatic carbocycles. The molecule has 6 nitrogen and oxygen atoms in total. The van der Waals surface area contributed by atoms with Gasteiger partial charge in [-0.3, -0.25) is 0 Å². The quantitative estimate of drug-likeness (QED) is 0.494. The summed E-state index contributed by atoms with van der Waals surface area (Å²) < 4.78 is 40.3. The van der Waals surface area contributed by atoms with Gasteiger partial charge in [-0.2, -0.15) is 13.2 Å². The molecule has 3 heterocycles. The van der Waals surface area contributed by atoms with Crippen LogP contribution in [0.25, 0.3) is 22.4 Å². The molecule has 0 radical (unpaired) electrons. The molecular weight excluding hydrogens is 393 g/mol. The van der Waals surface area contributed by atoms with Gasteiger partial charge in [0.05, 0.1) is 16.1 Å². The van der Waals surface area contributed by atoms with Gasteiger partial charge in [-0.25, -0.2) is 19.9 Å². The van der Waals surface area contributed by atoms with E-state index in [0.29, 0.717) is 22.7 Å². The number of aryl methyl sites for hydroxylation is 1. The van der Waals surface area contributed by atoms with Gasteiger partial charge >= 0.3 is 6.18 Å². The van der Waals surface area contributed by atoms with Crippen LogP contribution in [0.5, 0.6) is 0 Å². The zero-order chi connectivity index (χ0) is 19.9. The van der Waals surface area contributed by atoms with Crippen LogP contribution in [0.15, 0.2) is 42.9 Å². The summed E-state index contributed by atoms with van der Waals surface area (Å²) in [5.74, 6) is 0.871. The lowest BCUT2D eigenvalue weighted by molar-refractivity contribution is -0.137. The summed E-state index contributed by atoms with van der Waals surface area (Å²) in [5.41, 5.74) is 0.540. The number of aromatic amines is 1. The van der Waals surface area contributed by atoms with E-state index in [-0.39, 0.29) is 16.4 Å². The summed E-state index contributed by atoms with van der Waals surface area (Å²) >= 11 is 6.08. The van der Waals surface area contributed by atoms with E-state index in [1.807, 2.05) is 6.92 Å². The van der Waals surface area contributed by atoms with Crippen molar-refractivity contribution in [1.29, 1.82) is 0 Å². The number of aromatic nitrogens is 5. The monoisotopic (exact) mass is 404 g/mol. The molecule has 0 fully saturated rings. The maximum absolute atomic E-state index is 13.4. The number of halogens is 4. The standard InChI is InChI=1S/C18H12ClF3N6/c1-9-7-13(25-8-24-9)27-17-15-12(5-6-23-17)26-16(28-15)14-10(18(20,21)22)3-2-4-11(14)19/h2-8H,1H3,(H,26,28)(H,23,24,25,27). The number of imidazole rings is 1. The Morgan fingerprint density at radius 2 is 1.93 bits per heavy atom. The molecular formula is C18H12ClF3N6. The highest BCUT2D eigenvalue weighted by Gasteiger charge is 2.35. The van der Waals surface area contributed by atoms with Crippen LogP contribution in [-0.4, -0.2) is 24.9 Å². The molecule has 4 aromatic rings. The Labute approximate surface area is 161 Å². The van der Waals surface area contributed by atoms with Crippen molar-refractivity contribution in [3.63, 3.8) is 0 Å². The maximum Gasteiger partial charge on any atom is 0.417 e. The predicted molar refractivity (Wildman–Crippen MR) is 99.4 cm³/mol. The molecule has 0 saturated heterocycles. The highest BCUT2D eigenvalue weighted by atomic mass is 35.5. The second-order valence-electron chi connectivity index (χ2n) is 5.97. The molecule has 0 spiro atoms. The minimum Gasteiger partial charge on any atom is -0.335 e. The number of benzene rings is 1. The van der Waals surface area contributed by atoms with Crippen LogP contribution in [0.3, 0.4) is 0 Å². The highest BCUT2D eigenvalue weighted by Crippen LogP contribution is 2.40. The molecule has 4 rings (SSSR count). The lowest BCUT2D eigenvalue weighted by atomic mass is 10.1. The van der Waals surface area contributed by atoms with Crippen molar-refractivity contribution < 1.29 is 13.2 Å². The number of anilines is 2. The van der Waals surface area contributed by atoms with Crippen molar-refractivity contribution in [2.75, 3.05) is 5.32 Å². The number of fused-ring (bicyclic) bond motifs is 1. The number of hydrogen-bond donors (Lipinski definition) is 2. The average Bonchev–Trinajstić information content (AvgIpc) is 3.05. The lowest BCUT2D eigenvalue weighted by Crippen LogP contribution is -2.07. The summed E-state index contributed by atoms with van der Waals surface area (Å²) in [5, 5.41) is 2.97. The van der Waals surface area contributed by atoms with E-state index in [2.05, 4.69) is 30.2 Å². The molecule has 3 aromatic heterocycles. The molecule has 1 aromatic carbocycles. The normalized spacial score (nSPS) is 11.8. The summed E-state index contributed by atoms with van der Waals surface area (Å²) in [6.45, 7) is 1.81. The number of nitrogens with zero attached hydrogens (tertiary/aromatic N) is 4. The fourth-order valence-electron chi connectivity index (χ4n) is 2.79. The van der Waals surface area contributed by atoms with Crippen molar-refractivity contribution in [1.82, 2.24) is 24.9 Å². The maximum atomic E-state index is 13.4. The van der Waals surface area contributed by atoms with E-state index < -0.39 is 11.7 Å². The molecule has 0 saturated carbocycles. The van der Waals surface area contributed by atoms with Gasteiger partial charge in [0.1, 0.15) is 23.5 Å². The molecule has 142 valence electrons. The van der Waals surface area contributed by atoms with Crippen molar-refractivity contribution in [2.24, 2.45) is 0 Å². The Balaban J connectivity index is 1.84. The first kappa shape index (κ1) is 18.2. The lowest BCUT2D eigenvalue weighted by Gasteiger charge is -2.12. The van der Waals surface area contributed by atoms with E-state index in [0.717, 1.165) is 11.8 Å². The van der Waals surface area contributed by atoms with Crippen LogP contribution < -0.4 is 5.32 Å². The SMILES string of the molecule is Cc1cc(Nc2nccc3nc(-c4c(Cl)cccc4C(F)(F)F)[nH]c23)ncn1. The topological polar surface area (TPSA) is 79.4 Å². The van der Waals surface area contributed by atoms with Gasteiger partial charge in [0.25, 0.3) is 0 Å². The van der Waals surface area contributed by atoms with Crippen LogP contribution in [0, 0.1) is 6.92 Å². The predicted octanol–water partition coefficient (Wildman–Crippen LogP) is 5.14. The third-order valence-corrected chi connectivity index (χ3v) is 4.33. The third kappa shape index (κ3) is 3.36. The first-order valence-corrected chi connectivity index (χ1v) is 8.47. The zero-order valence-electron chi connectivity index (χ0n) is 14.3. The fraction of sp³-hybridized carbons (Fsp3) is 0.111. The fourth-order valence-corrected chi connectivity index (χ4v) is 3.06. The minimum atomic E-state index is -4.57. The average molecular weight is 405 g/mol. The first-order valence-electron chi connectivity index (χ1n) is 8.09. The molecule has 10 heteroatoms. The van der Waals surface area contributed by atoms with Gasteiger partial charge < -0.3 is 10.3 Å². The number of hydrogen-bond acceptors (Lipinski definition) is 5. The Hall–Kier alpha value is -3.20. The van der Waals surface area contributed by atoms with Crippen molar-refractivity contribution in [3.05, 3.63) is 59.1 Å². The van der Waals surface area contributed by atoms with Gasteiger partial charge in [-0.15, -0.1) is 0 Å². The molecule has 0 atom stereocenters. The Kier molecular flexibility index (Phi) is 4.38. The van der Waals surface area contributed by atoms with Gasteiger partial charge in [-0.1, -0.05) is 17.7 Å². The molecule has 0 unspecified atom stereocenters. The summed E-state index contributed by atoms with van der Waals surface area (Å²) in [7, 11) is 0. The van der Waals surface area contributed by atoms with Crippen LogP contribution >= 0.6 is 11.6 Å². The largest absolute Gasteiger partial charge is 0.417 e. The van der Waals surface area contributed by atoms with E-state index >= 15 is 0 Å². The van der Waals surface area contributed by atoms with Crippen LogP contribution in [0.1, 0.15) is 11.3 Å². The van der Waals surface area contributed by atoms with Gasteiger partial charge in [0.2, 0.25) is 0 Å². The number of rotatable bonds is 3. The van der Waals surface area contributed by atoms with Gasteiger partial charge in [0, 0.05) is 23.5 Å². The van der Waals surface area contributed by atoms with Crippen LogP contribution in [-0.2, 0) is 6.18 Å². The third-order valence-electron chi connectivity index (χ3n) is 4.01. The molecule has 0 aliphatic rings. The van der Waals surface area contributed by atoms with E-state index in [4.69, 9.17) is 11.6 Å². The van der Waals surface area contributed by atoms with E-state index in [9.17, 15) is 13.2 Å². The minimum absolute atomic E-state index is 0.00263. The molecule has 28 heavy (non-hydrogen) atoms. The molecule has 0 amide bonds. The number of pyridine rings is 1. The Bertz CT molecular complexity index is 1170. The zero-order valence-corrected chi connectivity index (χ0v) is 15.1. The molecule has 0 bridgehead atoms. The van der Waals surface area contributed by atoms with Crippen LogP contribution in [0.2, 0.25) is 5.02 Å². The Morgan fingerprint density at radius 3 is 2.68 bits per heavy atom. The highest BCUT2D eigenvalue weighted by molar-refractivity contribution is 6.33.